The smallest absolute Gasteiger partial charge is 0.193 e. The number of aryl methyl sites for hydroxylation is 2. The van der Waals surface area contributed by atoms with Crippen LogP contribution in [0.3, 0.4) is 0 Å². The Morgan fingerprint density at radius 1 is 1.12 bits per heavy atom. The molecule has 0 bridgehead atoms. The van der Waals surface area contributed by atoms with Gasteiger partial charge in [0.25, 0.3) is 0 Å². The van der Waals surface area contributed by atoms with Crippen molar-refractivity contribution in [3.63, 3.8) is 0 Å². The standard InChI is InChI=1S/C22H21NO/c1-5-17-19-14-16(22(24)18-11-9-8-10-15(18)4)12-13-21(19)23(7-3)20(17)6-2/h5-6,8-14H,1-2,7H2,3-4H3. The molecule has 2 heteroatoms. The fourth-order valence-corrected chi connectivity index (χ4v) is 3.30. The molecule has 0 fully saturated rings. The normalized spacial score (nSPS) is 10.8. The number of nitrogens with zero attached hydrogens (tertiary/aromatic N) is 1. The third-order valence-electron chi connectivity index (χ3n) is 4.51. The molecule has 0 saturated heterocycles. The molecule has 1 aromatic heterocycles. The van der Waals surface area contributed by atoms with E-state index in [-0.39, 0.29) is 5.78 Å². The summed E-state index contributed by atoms with van der Waals surface area (Å²) in [5.74, 6) is 0.0504. The summed E-state index contributed by atoms with van der Waals surface area (Å²) in [5, 5.41) is 1.04. The molecular weight excluding hydrogens is 294 g/mol. The SMILES string of the molecule is C=Cc1c(C=C)n(CC)c2ccc(C(=O)c3ccccc3C)cc12. The average molecular weight is 315 g/mol. The van der Waals surface area contributed by atoms with E-state index >= 15 is 0 Å². The van der Waals surface area contributed by atoms with Crippen molar-refractivity contribution in [1.82, 2.24) is 4.57 Å². The molecule has 0 amide bonds. The molecule has 3 rings (SSSR count). The van der Waals surface area contributed by atoms with Crippen LogP contribution in [0.25, 0.3) is 23.1 Å². The molecule has 0 N–H and O–H groups in total. The van der Waals surface area contributed by atoms with Gasteiger partial charge >= 0.3 is 0 Å². The third-order valence-corrected chi connectivity index (χ3v) is 4.51. The van der Waals surface area contributed by atoms with Gasteiger partial charge in [-0.2, -0.15) is 0 Å². The number of rotatable bonds is 5. The van der Waals surface area contributed by atoms with Crippen molar-refractivity contribution >= 4 is 28.8 Å². The highest BCUT2D eigenvalue weighted by molar-refractivity contribution is 6.12. The molecule has 24 heavy (non-hydrogen) atoms. The zero-order valence-corrected chi connectivity index (χ0v) is 14.2. The lowest BCUT2D eigenvalue weighted by Crippen LogP contribution is -2.03. The van der Waals surface area contributed by atoms with Gasteiger partial charge in [0.2, 0.25) is 0 Å². The lowest BCUT2D eigenvalue weighted by Gasteiger charge is -2.06. The Hall–Kier alpha value is -2.87. The van der Waals surface area contributed by atoms with Gasteiger partial charge in [0.1, 0.15) is 0 Å². The van der Waals surface area contributed by atoms with Crippen molar-refractivity contribution in [3.05, 3.63) is 83.6 Å². The summed E-state index contributed by atoms with van der Waals surface area (Å²) in [6.45, 7) is 12.8. The van der Waals surface area contributed by atoms with Gasteiger partial charge in [0.15, 0.2) is 5.78 Å². The fraction of sp³-hybridized carbons (Fsp3) is 0.136. The maximum atomic E-state index is 12.9. The first-order chi connectivity index (χ1) is 11.6. The molecule has 0 radical (unpaired) electrons. The van der Waals surface area contributed by atoms with Gasteiger partial charge in [0, 0.05) is 39.8 Å². The minimum atomic E-state index is 0.0504. The summed E-state index contributed by atoms with van der Waals surface area (Å²) in [4.78, 5) is 12.9. The Balaban J connectivity index is 2.22. The molecule has 2 aromatic carbocycles. The van der Waals surface area contributed by atoms with Crippen molar-refractivity contribution in [2.75, 3.05) is 0 Å². The molecule has 0 aliphatic heterocycles. The predicted octanol–water partition coefficient (Wildman–Crippen LogP) is 5.49. The fourth-order valence-electron chi connectivity index (χ4n) is 3.30. The van der Waals surface area contributed by atoms with Gasteiger partial charge in [-0.25, -0.2) is 0 Å². The molecule has 120 valence electrons. The molecule has 0 spiro atoms. The molecule has 0 atom stereocenters. The molecule has 2 nitrogen and oxygen atoms in total. The van der Waals surface area contributed by atoms with E-state index < -0.39 is 0 Å². The van der Waals surface area contributed by atoms with Gasteiger partial charge in [-0.1, -0.05) is 43.5 Å². The topological polar surface area (TPSA) is 22.0 Å². The van der Waals surface area contributed by atoms with E-state index in [4.69, 9.17) is 0 Å². The molecule has 1 heterocycles. The number of benzene rings is 2. The van der Waals surface area contributed by atoms with Crippen molar-refractivity contribution in [1.29, 1.82) is 0 Å². The van der Waals surface area contributed by atoms with Crippen molar-refractivity contribution in [2.45, 2.75) is 20.4 Å². The van der Waals surface area contributed by atoms with Crippen LogP contribution in [-0.2, 0) is 6.54 Å². The van der Waals surface area contributed by atoms with Gasteiger partial charge in [-0.3, -0.25) is 4.79 Å². The highest BCUT2D eigenvalue weighted by atomic mass is 16.1. The van der Waals surface area contributed by atoms with Gasteiger partial charge in [0.05, 0.1) is 0 Å². The predicted molar refractivity (Wildman–Crippen MR) is 102 cm³/mol. The van der Waals surface area contributed by atoms with E-state index in [0.717, 1.165) is 39.8 Å². The number of fused-ring (bicyclic) bond motifs is 1. The van der Waals surface area contributed by atoms with Gasteiger partial charge in [-0.05, 0) is 43.7 Å². The Labute approximate surface area is 142 Å². The lowest BCUT2D eigenvalue weighted by molar-refractivity contribution is 0.103. The summed E-state index contributed by atoms with van der Waals surface area (Å²) in [5.41, 5.74) is 5.61. The molecule has 0 aliphatic carbocycles. The zero-order chi connectivity index (χ0) is 17.3. The van der Waals surface area contributed by atoms with Crippen LogP contribution in [-0.4, -0.2) is 10.4 Å². The number of ketones is 1. The van der Waals surface area contributed by atoms with Crippen LogP contribution < -0.4 is 0 Å². The molecule has 0 saturated carbocycles. The first kappa shape index (κ1) is 16.0. The third kappa shape index (κ3) is 2.41. The molecule has 3 aromatic rings. The van der Waals surface area contributed by atoms with E-state index in [1.165, 1.54) is 0 Å². The van der Waals surface area contributed by atoms with E-state index in [1.54, 1.807) is 0 Å². The Bertz CT molecular complexity index is 960. The van der Waals surface area contributed by atoms with Crippen molar-refractivity contribution < 1.29 is 4.79 Å². The van der Waals surface area contributed by atoms with Crippen LogP contribution in [0, 0.1) is 6.92 Å². The summed E-state index contributed by atoms with van der Waals surface area (Å²) in [7, 11) is 0. The minimum absolute atomic E-state index is 0.0504. The second-order valence-electron chi connectivity index (χ2n) is 5.83. The van der Waals surface area contributed by atoms with Gasteiger partial charge < -0.3 is 4.57 Å². The summed E-state index contributed by atoms with van der Waals surface area (Å²) in [6.07, 6.45) is 3.69. The van der Waals surface area contributed by atoms with E-state index in [9.17, 15) is 4.79 Å². The maximum absolute atomic E-state index is 12.9. The van der Waals surface area contributed by atoms with Crippen LogP contribution >= 0.6 is 0 Å². The number of hydrogen-bond acceptors (Lipinski definition) is 1. The molecule has 0 unspecified atom stereocenters. The highest BCUT2D eigenvalue weighted by Crippen LogP contribution is 2.30. The largest absolute Gasteiger partial charge is 0.341 e. The van der Waals surface area contributed by atoms with Crippen LogP contribution in [0.15, 0.2) is 55.6 Å². The first-order valence-electron chi connectivity index (χ1n) is 8.13. The molecular formula is C22H21NO. The van der Waals surface area contributed by atoms with E-state index in [2.05, 4.69) is 24.6 Å². The van der Waals surface area contributed by atoms with Crippen molar-refractivity contribution in [2.24, 2.45) is 0 Å². The summed E-state index contributed by atoms with van der Waals surface area (Å²) < 4.78 is 2.20. The maximum Gasteiger partial charge on any atom is 0.193 e. The van der Waals surface area contributed by atoms with Gasteiger partial charge in [-0.15, -0.1) is 0 Å². The lowest BCUT2D eigenvalue weighted by atomic mass is 9.97. The van der Waals surface area contributed by atoms with Crippen LogP contribution in [0.1, 0.15) is 39.7 Å². The average Bonchev–Trinajstić information content (AvgIpc) is 2.93. The second-order valence-corrected chi connectivity index (χ2v) is 5.83. The monoisotopic (exact) mass is 315 g/mol. The van der Waals surface area contributed by atoms with E-state index in [0.29, 0.717) is 5.56 Å². The summed E-state index contributed by atoms with van der Waals surface area (Å²) >= 11 is 0. The quantitative estimate of drug-likeness (QED) is 0.571. The Kier molecular flexibility index (Phi) is 4.22. The minimum Gasteiger partial charge on any atom is -0.341 e. The van der Waals surface area contributed by atoms with Crippen LogP contribution in [0.4, 0.5) is 0 Å². The second kappa shape index (κ2) is 6.32. The first-order valence-corrected chi connectivity index (χ1v) is 8.13. The van der Waals surface area contributed by atoms with Crippen LogP contribution in [0.2, 0.25) is 0 Å². The highest BCUT2D eigenvalue weighted by Gasteiger charge is 2.16. The Morgan fingerprint density at radius 2 is 1.88 bits per heavy atom. The van der Waals surface area contributed by atoms with E-state index in [1.807, 2.05) is 61.5 Å². The Morgan fingerprint density at radius 3 is 2.50 bits per heavy atom. The van der Waals surface area contributed by atoms with Crippen molar-refractivity contribution in [3.8, 4) is 0 Å². The summed E-state index contributed by atoms with van der Waals surface area (Å²) in [6, 6.07) is 13.6. The van der Waals surface area contributed by atoms with Crippen LogP contribution in [0.5, 0.6) is 0 Å². The molecule has 0 aliphatic rings. The zero-order valence-electron chi connectivity index (χ0n) is 14.2. The number of hydrogen-bond donors (Lipinski definition) is 0. The number of carbonyl (C=O) groups is 1. The number of carbonyl (C=O) groups excluding carboxylic acids is 1. The number of aromatic nitrogens is 1.